The summed E-state index contributed by atoms with van der Waals surface area (Å²) in [5.41, 5.74) is 4.69. The molecule has 2 aliphatic carbocycles. The Labute approximate surface area is 83.4 Å². The third kappa shape index (κ3) is 1.04. The molecule has 1 fully saturated rings. The Hall–Kier alpha value is -1.15. The molecule has 0 aromatic rings. The van der Waals surface area contributed by atoms with Crippen LogP contribution in [-0.2, 0) is 0 Å². The van der Waals surface area contributed by atoms with E-state index in [1.54, 1.807) is 0 Å². The summed E-state index contributed by atoms with van der Waals surface area (Å²) in [4.78, 5) is 4.52. The van der Waals surface area contributed by atoms with Crippen LogP contribution < -0.4 is 0 Å². The molecule has 0 amide bonds. The molecule has 3 rings (SSSR count). The van der Waals surface area contributed by atoms with Gasteiger partial charge in [-0.25, -0.2) is 0 Å². The molecular formula is C12H13NO. The Kier molecular flexibility index (Phi) is 1.71. The van der Waals surface area contributed by atoms with Gasteiger partial charge in [0.2, 0.25) is 0 Å². The van der Waals surface area contributed by atoms with Gasteiger partial charge in [-0.3, -0.25) is 4.99 Å². The Balaban J connectivity index is 2.10. The van der Waals surface area contributed by atoms with E-state index in [1.165, 1.54) is 11.1 Å². The van der Waals surface area contributed by atoms with Gasteiger partial charge in [-0.15, -0.1) is 0 Å². The average molecular weight is 187 g/mol. The van der Waals surface area contributed by atoms with Gasteiger partial charge >= 0.3 is 0 Å². The van der Waals surface area contributed by atoms with Gasteiger partial charge in [0.25, 0.3) is 0 Å². The van der Waals surface area contributed by atoms with Crippen LogP contribution >= 0.6 is 0 Å². The third-order valence-corrected chi connectivity index (χ3v) is 3.16. The molecule has 1 N–H and O–H groups in total. The Bertz CT molecular complexity index is 399. The summed E-state index contributed by atoms with van der Waals surface area (Å²) in [7, 11) is 0. The molecule has 1 heterocycles. The van der Waals surface area contributed by atoms with Crippen LogP contribution in [0, 0.1) is 0 Å². The molecule has 72 valence electrons. The van der Waals surface area contributed by atoms with Crippen molar-refractivity contribution >= 4 is 5.71 Å². The van der Waals surface area contributed by atoms with Gasteiger partial charge in [-0.05, 0) is 42.9 Å². The fraction of sp³-hybridized carbons (Fsp3) is 0.417. The van der Waals surface area contributed by atoms with E-state index in [0.29, 0.717) is 0 Å². The monoisotopic (exact) mass is 187 g/mol. The van der Waals surface area contributed by atoms with Gasteiger partial charge in [-0.2, -0.15) is 0 Å². The average Bonchev–Trinajstić information content (AvgIpc) is 2.59. The number of allylic oxidation sites excluding steroid dienone is 4. The van der Waals surface area contributed by atoms with E-state index in [9.17, 15) is 5.11 Å². The molecule has 0 saturated heterocycles. The predicted molar refractivity (Wildman–Crippen MR) is 56.2 cm³/mol. The van der Waals surface area contributed by atoms with Crippen LogP contribution in [0.1, 0.15) is 25.7 Å². The second-order valence-electron chi connectivity index (χ2n) is 4.05. The van der Waals surface area contributed by atoms with Gasteiger partial charge in [0.05, 0.1) is 17.5 Å². The van der Waals surface area contributed by atoms with Gasteiger partial charge < -0.3 is 5.11 Å². The zero-order valence-corrected chi connectivity index (χ0v) is 8.03. The molecule has 2 nitrogen and oxygen atoms in total. The number of fused-ring (bicyclic) bond motifs is 2. The Morgan fingerprint density at radius 3 is 3.21 bits per heavy atom. The highest BCUT2D eigenvalue weighted by atomic mass is 16.3. The minimum atomic E-state index is -0.322. The molecule has 0 bridgehead atoms. The van der Waals surface area contributed by atoms with E-state index in [2.05, 4.69) is 11.1 Å². The molecule has 2 heteroatoms. The molecule has 1 atom stereocenters. The number of aliphatic hydroxyl groups is 1. The van der Waals surface area contributed by atoms with Gasteiger partial charge in [0.1, 0.15) is 0 Å². The van der Waals surface area contributed by atoms with Crippen LogP contribution in [0.15, 0.2) is 40.1 Å². The van der Waals surface area contributed by atoms with Gasteiger partial charge in [0.15, 0.2) is 0 Å². The van der Waals surface area contributed by atoms with Crippen LogP contribution in [0.4, 0.5) is 0 Å². The topological polar surface area (TPSA) is 32.6 Å². The Morgan fingerprint density at radius 2 is 2.29 bits per heavy atom. The first-order valence-corrected chi connectivity index (χ1v) is 5.22. The van der Waals surface area contributed by atoms with Crippen molar-refractivity contribution in [3.05, 3.63) is 35.1 Å². The summed E-state index contributed by atoms with van der Waals surface area (Å²) >= 11 is 0. The van der Waals surface area contributed by atoms with Crippen LogP contribution in [0.3, 0.4) is 0 Å². The maximum Gasteiger partial charge on any atom is 0.0963 e. The van der Waals surface area contributed by atoms with Crippen molar-refractivity contribution in [2.45, 2.75) is 31.8 Å². The normalized spacial score (nSPS) is 29.6. The lowest BCUT2D eigenvalue weighted by Crippen LogP contribution is -2.25. The summed E-state index contributed by atoms with van der Waals surface area (Å²) in [6.45, 7) is 0. The summed E-state index contributed by atoms with van der Waals surface area (Å²) < 4.78 is 0. The van der Waals surface area contributed by atoms with Gasteiger partial charge in [0, 0.05) is 0 Å². The number of rotatable bonds is 0. The molecule has 0 aromatic heterocycles. The molecule has 14 heavy (non-hydrogen) atoms. The molecule has 0 aromatic carbocycles. The van der Waals surface area contributed by atoms with Crippen molar-refractivity contribution < 1.29 is 5.11 Å². The molecular weight excluding hydrogens is 174 g/mol. The molecule has 1 aliphatic heterocycles. The highest BCUT2D eigenvalue weighted by molar-refractivity contribution is 6.08. The number of hydrogen-bond donors (Lipinski definition) is 1. The molecule has 1 saturated carbocycles. The van der Waals surface area contributed by atoms with Crippen LogP contribution in [0.2, 0.25) is 0 Å². The lowest BCUT2D eigenvalue weighted by molar-refractivity contribution is 0.222. The first-order chi connectivity index (χ1) is 6.86. The first kappa shape index (κ1) is 8.18. The highest BCUT2D eigenvalue weighted by Crippen LogP contribution is 2.37. The predicted octanol–water partition coefficient (Wildman–Crippen LogP) is 2.13. The molecule has 0 spiro atoms. The number of aliphatic hydroxyl groups excluding tert-OH is 1. The minimum absolute atomic E-state index is 0.322. The van der Waals surface area contributed by atoms with Crippen molar-refractivity contribution in [1.82, 2.24) is 0 Å². The number of hydrogen-bond acceptors (Lipinski definition) is 2. The van der Waals surface area contributed by atoms with Crippen molar-refractivity contribution in [2.75, 3.05) is 0 Å². The summed E-state index contributed by atoms with van der Waals surface area (Å²) in [5.74, 6) is 0. The maximum atomic E-state index is 9.81. The highest BCUT2D eigenvalue weighted by Gasteiger charge is 2.30. The third-order valence-electron chi connectivity index (χ3n) is 3.16. The number of nitrogens with zero attached hydrogens (tertiary/aromatic N) is 1. The van der Waals surface area contributed by atoms with E-state index in [0.717, 1.165) is 37.1 Å². The standard InChI is InChI=1S/C12H13NO/c14-11-7-3-5-9-8-4-1-2-6-10(8)13-12(9)11/h1-2,6,11,14H,3-5,7H2. The lowest BCUT2D eigenvalue weighted by atomic mass is 9.87. The molecule has 3 aliphatic rings. The summed E-state index contributed by atoms with van der Waals surface area (Å²) in [6.07, 6.45) is 9.98. The van der Waals surface area contributed by atoms with Crippen molar-refractivity contribution in [2.24, 2.45) is 4.99 Å². The SMILES string of the molecule is OC1CCCC2=C3CC=CC=C3N=C21. The molecule has 0 radical (unpaired) electrons. The molecule has 1 unspecified atom stereocenters. The van der Waals surface area contributed by atoms with E-state index < -0.39 is 0 Å². The second-order valence-corrected chi connectivity index (χ2v) is 4.05. The van der Waals surface area contributed by atoms with Gasteiger partial charge in [-0.1, -0.05) is 12.2 Å². The van der Waals surface area contributed by atoms with E-state index in [4.69, 9.17) is 0 Å². The quantitative estimate of drug-likeness (QED) is 0.619. The Morgan fingerprint density at radius 1 is 1.36 bits per heavy atom. The van der Waals surface area contributed by atoms with Crippen LogP contribution in [0.25, 0.3) is 0 Å². The minimum Gasteiger partial charge on any atom is -0.387 e. The number of aliphatic imine (C=N–C) groups is 1. The smallest absolute Gasteiger partial charge is 0.0963 e. The summed E-state index contributed by atoms with van der Waals surface area (Å²) in [5, 5.41) is 9.81. The fourth-order valence-corrected chi connectivity index (χ4v) is 2.45. The van der Waals surface area contributed by atoms with Crippen LogP contribution in [0.5, 0.6) is 0 Å². The van der Waals surface area contributed by atoms with E-state index >= 15 is 0 Å². The fourth-order valence-electron chi connectivity index (χ4n) is 2.45. The van der Waals surface area contributed by atoms with Crippen molar-refractivity contribution in [3.63, 3.8) is 0 Å². The van der Waals surface area contributed by atoms with Crippen molar-refractivity contribution in [1.29, 1.82) is 0 Å². The summed E-state index contributed by atoms with van der Waals surface area (Å²) in [6, 6.07) is 0. The van der Waals surface area contributed by atoms with E-state index in [1.807, 2.05) is 12.2 Å². The van der Waals surface area contributed by atoms with Crippen LogP contribution in [-0.4, -0.2) is 16.9 Å². The largest absolute Gasteiger partial charge is 0.387 e. The zero-order valence-electron chi connectivity index (χ0n) is 8.03. The van der Waals surface area contributed by atoms with Crippen molar-refractivity contribution in [3.8, 4) is 0 Å². The first-order valence-electron chi connectivity index (χ1n) is 5.22. The second kappa shape index (κ2) is 2.92. The zero-order chi connectivity index (χ0) is 9.54. The maximum absolute atomic E-state index is 9.81. The van der Waals surface area contributed by atoms with E-state index in [-0.39, 0.29) is 6.10 Å². The lowest BCUT2D eigenvalue weighted by Gasteiger charge is -2.20.